The van der Waals surface area contributed by atoms with Crippen molar-refractivity contribution in [1.29, 1.82) is 0 Å². The van der Waals surface area contributed by atoms with Crippen molar-refractivity contribution in [2.75, 3.05) is 18.0 Å². The fraction of sp³-hybridized carbons (Fsp3) is 0.263. The molecule has 1 fully saturated rings. The van der Waals surface area contributed by atoms with Crippen LogP contribution in [0.5, 0.6) is 0 Å². The van der Waals surface area contributed by atoms with Crippen molar-refractivity contribution in [1.82, 2.24) is 4.90 Å². The summed E-state index contributed by atoms with van der Waals surface area (Å²) in [5.41, 5.74) is 2.12. The highest BCUT2D eigenvalue weighted by Gasteiger charge is 2.35. The van der Waals surface area contributed by atoms with Gasteiger partial charge in [-0.1, -0.05) is 18.2 Å². The zero-order valence-corrected chi connectivity index (χ0v) is 14.6. The van der Waals surface area contributed by atoms with E-state index in [0.29, 0.717) is 18.7 Å². The molecule has 0 radical (unpaired) electrons. The number of aryl methyl sites for hydroxylation is 1. The predicted molar refractivity (Wildman–Crippen MR) is 97.1 cm³/mol. The number of anilines is 1. The number of nitro benzene ring substituents is 1. The molecule has 0 saturated carbocycles. The van der Waals surface area contributed by atoms with Gasteiger partial charge >= 0.3 is 0 Å². The predicted octanol–water partition coefficient (Wildman–Crippen LogP) is 2.78. The number of para-hydroxylation sites is 1. The number of nitrogens with zero attached hydrogens (tertiary/aromatic N) is 3. The molecule has 3 rings (SSSR count). The molecule has 7 nitrogen and oxygen atoms in total. The van der Waals surface area contributed by atoms with Gasteiger partial charge in [-0.25, -0.2) is 0 Å². The van der Waals surface area contributed by atoms with Gasteiger partial charge in [0, 0.05) is 36.5 Å². The van der Waals surface area contributed by atoms with Gasteiger partial charge in [-0.05, 0) is 37.6 Å². The maximum atomic E-state index is 12.8. The van der Waals surface area contributed by atoms with Gasteiger partial charge in [0.05, 0.1) is 4.92 Å². The molecule has 1 heterocycles. The van der Waals surface area contributed by atoms with Crippen LogP contribution in [-0.4, -0.2) is 40.8 Å². The van der Waals surface area contributed by atoms with E-state index >= 15 is 0 Å². The Morgan fingerprint density at radius 2 is 1.77 bits per heavy atom. The SMILES string of the molecule is Cc1ccccc1N1CCN(C(=O)c2ccc([N+](=O)[O-])cc2)C(C)C1=O. The number of carbonyl (C=O) groups is 2. The van der Waals surface area contributed by atoms with Crippen molar-refractivity contribution in [3.8, 4) is 0 Å². The van der Waals surface area contributed by atoms with Gasteiger partial charge in [-0.15, -0.1) is 0 Å². The molecule has 26 heavy (non-hydrogen) atoms. The van der Waals surface area contributed by atoms with E-state index in [4.69, 9.17) is 0 Å². The molecule has 0 aromatic heterocycles. The smallest absolute Gasteiger partial charge is 0.269 e. The van der Waals surface area contributed by atoms with Crippen LogP contribution in [0.3, 0.4) is 0 Å². The van der Waals surface area contributed by atoms with E-state index < -0.39 is 11.0 Å². The minimum absolute atomic E-state index is 0.0740. The van der Waals surface area contributed by atoms with Crippen molar-refractivity contribution >= 4 is 23.2 Å². The van der Waals surface area contributed by atoms with Gasteiger partial charge in [-0.2, -0.15) is 0 Å². The summed E-state index contributed by atoms with van der Waals surface area (Å²) in [4.78, 5) is 39.0. The lowest BCUT2D eigenvalue weighted by molar-refractivity contribution is -0.384. The molecule has 0 bridgehead atoms. The first-order chi connectivity index (χ1) is 12.4. The number of hydrogen-bond acceptors (Lipinski definition) is 4. The molecule has 0 spiro atoms. The molecule has 2 amide bonds. The van der Waals surface area contributed by atoms with Gasteiger partial charge in [0.1, 0.15) is 6.04 Å². The van der Waals surface area contributed by atoms with Crippen LogP contribution in [0.1, 0.15) is 22.8 Å². The first-order valence-corrected chi connectivity index (χ1v) is 8.32. The van der Waals surface area contributed by atoms with Crippen molar-refractivity contribution < 1.29 is 14.5 Å². The van der Waals surface area contributed by atoms with Crippen LogP contribution in [0, 0.1) is 17.0 Å². The number of non-ortho nitro benzene ring substituents is 1. The molecular formula is C19H19N3O4. The summed E-state index contributed by atoms with van der Waals surface area (Å²) in [6.45, 7) is 4.46. The molecule has 134 valence electrons. The number of carbonyl (C=O) groups excluding carboxylic acids is 2. The normalized spacial score (nSPS) is 17.3. The first kappa shape index (κ1) is 17.6. The summed E-state index contributed by atoms with van der Waals surface area (Å²) < 4.78 is 0. The van der Waals surface area contributed by atoms with Crippen LogP contribution in [0.4, 0.5) is 11.4 Å². The van der Waals surface area contributed by atoms with E-state index in [0.717, 1.165) is 11.3 Å². The van der Waals surface area contributed by atoms with Crippen molar-refractivity contribution in [3.63, 3.8) is 0 Å². The Labute approximate surface area is 151 Å². The molecule has 1 atom stereocenters. The Morgan fingerprint density at radius 3 is 2.38 bits per heavy atom. The van der Waals surface area contributed by atoms with Crippen LogP contribution in [0.15, 0.2) is 48.5 Å². The Bertz CT molecular complexity index is 863. The van der Waals surface area contributed by atoms with Crippen LogP contribution in [0.2, 0.25) is 0 Å². The Balaban J connectivity index is 1.79. The number of amides is 2. The van der Waals surface area contributed by atoms with E-state index in [-0.39, 0.29) is 17.5 Å². The van der Waals surface area contributed by atoms with E-state index in [2.05, 4.69) is 0 Å². The Hall–Kier alpha value is -3.22. The summed E-state index contributed by atoms with van der Waals surface area (Å²) in [5.74, 6) is -0.439. The van der Waals surface area contributed by atoms with Crippen LogP contribution >= 0.6 is 0 Å². The topological polar surface area (TPSA) is 83.8 Å². The van der Waals surface area contributed by atoms with Gasteiger partial charge in [-0.3, -0.25) is 19.7 Å². The third-order valence-electron chi connectivity index (χ3n) is 4.65. The van der Waals surface area contributed by atoms with Crippen LogP contribution < -0.4 is 4.90 Å². The molecule has 7 heteroatoms. The summed E-state index contributed by atoms with van der Waals surface area (Å²) >= 11 is 0. The molecular weight excluding hydrogens is 334 g/mol. The highest BCUT2D eigenvalue weighted by molar-refractivity contribution is 6.03. The van der Waals surface area contributed by atoms with Gasteiger partial charge < -0.3 is 9.80 Å². The largest absolute Gasteiger partial charge is 0.325 e. The zero-order chi connectivity index (χ0) is 18.8. The fourth-order valence-corrected chi connectivity index (χ4v) is 3.14. The second kappa shape index (κ2) is 6.95. The summed E-state index contributed by atoms with van der Waals surface area (Å²) in [6.07, 6.45) is 0. The molecule has 1 aliphatic heterocycles. The number of rotatable bonds is 3. The molecule has 2 aromatic rings. The average molecular weight is 353 g/mol. The number of nitro groups is 1. The standard InChI is InChI=1S/C19H19N3O4/c1-13-5-3-4-6-17(13)21-12-11-20(14(2)18(21)23)19(24)15-7-9-16(10-8-15)22(25)26/h3-10,14H,11-12H2,1-2H3. The highest BCUT2D eigenvalue weighted by Crippen LogP contribution is 2.25. The zero-order valence-electron chi connectivity index (χ0n) is 14.6. The molecule has 1 saturated heterocycles. The third kappa shape index (κ3) is 3.15. The van der Waals surface area contributed by atoms with Gasteiger partial charge in [0.2, 0.25) is 5.91 Å². The van der Waals surface area contributed by atoms with E-state index in [1.165, 1.54) is 29.2 Å². The number of benzene rings is 2. The Morgan fingerprint density at radius 1 is 1.12 bits per heavy atom. The van der Waals surface area contributed by atoms with E-state index in [9.17, 15) is 19.7 Å². The molecule has 2 aromatic carbocycles. The van der Waals surface area contributed by atoms with Crippen molar-refractivity contribution in [2.24, 2.45) is 0 Å². The lowest BCUT2D eigenvalue weighted by Crippen LogP contribution is -2.57. The Kier molecular flexibility index (Phi) is 4.71. The number of hydrogen-bond donors (Lipinski definition) is 0. The minimum Gasteiger partial charge on any atom is -0.325 e. The summed E-state index contributed by atoms with van der Waals surface area (Å²) in [6, 6.07) is 12.5. The van der Waals surface area contributed by atoms with Gasteiger partial charge in [0.15, 0.2) is 0 Å². The highest BCUT2D eigenvalue weighted by atomic mass is 16.6. The van der Waals surface area contributed by atoms with E-state index in [1.807, 2.05) is 31.2 Å². The maximum Gasteiger partial charge on any atom is 0.269 e. The lowest BCUT2D eigenvalue weighted by atomic mass is 10.1. The molecule has 0 N–H and O–H groups in total. The number of piperazine rings is 1. The second-order valence-electron chi connectivity index (χ2n) is 6.25. The quantitative estimate of drug-likeness (QED) is 0.627. The van der Waals surface area contributed by atoms with Crippen LogP contribution in [0.25, 0.3) is 0 Å². The average Bonchev–Trinajstić information content (AvgIpc) is 2.64. The fourth-order valence-electron chi connectivity index (χ4n) is 3.14. The van der Waals surface area contributed by atoms with Gasteiger partial charge in [0.25, 0.3) is 11.6 Å². The lowest BCUT2D eigenvalue weighted by Gasteiger charge is -2.39. The summed E-state index contributed by atoms with van der Waals surface area (Å²) in [5, 5.41) is 10.7. The first-order valence-electron chi connectivity index (χ1n) is 8.32. The molecule has 1 aliphatic rings. The van der Waals surface area contributed by atoms with Crippen molar-refractivity contribution in [3.05, 3.63) is 69.8 Å². The second-order valence-corrected chi connectivity index (χ2v) is 6.25. The van der Waals surface area contributed by atoms with Crippen LogP contribution in [-0.2, 0) is 4.79 Å². The van der Waals surface area contributed by atoms with Crippen molar-refractivity contribution in [2.45, 2.75) is 19.9 Å². The third-order valence-corrected chi connectivity index (χ3v) is 4.65. The molecule has 1 unspecified atom stereocenters. The maximum absolute atomic E-state index is 12.8. The molecule has 0 aliphatic carbocycles. The summed E-state index contributed by atoms with van der Waals surface area (Å²) in [7, 11) is 0. The van der Waals surface area contributed by atoms with E-state index in [1.54, 1.807) is 11.8 Å². The minimum atomic E-state index is -0.606. The monoisotopic (exact) mass is 353 g/mol.